The van der Waals surface area contributed by atoms with Crippen molar-refractivity contribution in [3.05, 3.63) is 65.5 Å². The van der Waals surface area contributed by atoms with E-state index in [0.29, 0.717) is 12.1 Å². The van der Waals surface area contributed by atoms with Crippen molar-refractivity contribution < 1.29 is 13.9 Å². The van der Waals surface area contributed by atoms with Gasteiger partial charge in [0.15, 0.2) is 0 Å². The number of hydrogen-bond acceptors (Lipinski definition) is 3. The molecule has 1 heterocycles. The molecule has 2 aromatic carbocycles. The predicted molar refractivity (Wildman–Crippen MR) is 104 cm³/mol. The second-order valence-electron chi connectivity index (χ2n) is 6.96. The summed E-state index contributed by atoms with van der Waals surface area (Å²) in [5.41, 5.74) is 1.58. The summed E-state index contributed by atoms with van der Waals surface area (Å²) in [6.07, 6.45) is 3.67. The summed E-state index contributed by atoms with van der Waals surface area (Å²) in [5, 5.41) is 3.00. The van der Waals surface area contributed by atoms with Gasteiger partial charge in [0.25, 0.3) is 0 Å². The number of halogens is 1. The van der Waals surface area contributed by atoms with Crippen LogP contribution in [0.3, 0.4) is 0 Å². The van der Waals surface area contributed by atoms with Crippen molar-refractivity contribution in [2.75, 3.05) is 26.7 Å². The van der Waals surface area contributed by atoms with Crippen LogP contribution in [0.5, 0.6) is 5.75 Å². The van der Waals surface area contributed by atoms with Crippen LogP contribution in [0.15, 0.2) is 48.5 Å². The Hall–Kier alpha value is -2.40. The Morgan fingerprint density at radius 1 is 1.11 bits per heavy atom. The van der Waals surface area contributed by atoms with Crippen molar-refractivity contribution in [1.82, 2.24) is 10.2 Å². The average molecular weight is 370 g/mol. The van der Waals surface area contributed by atoms with Crippen LogP contribution in [0.4, 0.5) is 4.39 Å². The molecule has 1 saturated heterocycles. The van der Waals surface area contributed by atoms with Gasteiger partial charge in [0.1, 0.15) is 11.6 Å². The summed E-state index contributed by atoms with van der Waals surface area (Å²) < 4.78 is 19.0. The number of ether oxygens (including phenoxy) is 1. The van der Waals surface area contributed by atoms with E-state index in [4.69, 9.17) is 4.74 Å². The van der Waals surface area contributed by atoms with E-state index in [1.807, 2.05) is 12.1 Å². The third-order valence-electron chi connectivity index (χ3n) is 5.13. The standard InChI is InChI=1S/C22H27FN2O2/c1-27-19-11-9-17(10-12-19)21(25-13-5-2-6-14-25)16-24-22(26)15-18-7-3-4-8-20(18)23/h3-4,7-12,21H,2,5-6,13-16H2,1H3,(H,24,26)/t21-/m0/s1. The lowest BCUT2D eigenvalue weighted by Crippen LogP contribution is -2.41. The topological polar surface area (TPSA) is 41.6 Å². The fourth-order valence-corrected chi connectivity index (χ4v) is 3.60. The van der Waals surface area contributed by atoms with Crippen molar-refractivity contribution >= 4 is 5.91 Å². The summed E-state index contributed by atoms with van der Waals surface area (Å²) in [4.78, 5) is 14.8. The Morgan fingerprint density at radius 3 is 2.48 bits per heavy atom. The van der Waals surface area contributed by atoms with E-state index < -0.39 is 0 Å². The first kappa shape index (κ1) is 19.4. The number of methoxy groups -OCH3 is 1. The van der Waals surface area contributed by atoms with E-state index >= 15 is 0 Å². The zero-order valence-corrected chi connectivity index (χ0v) is 15.8. The zero-order valence-electron chi connectivity index (χ0n) is 15.8. The Labute approximate surface area is 160 Å². The van der Waals surface area contributed by atoms with Crippen molar-refractivity contribution in [3.8, 4) is 5.75 Å². The molecule has 1 fully saturated rings. The quantitative estimate of drug-likeness (QED) is 0.808. The van der Waals surface area contributed by atoms with Gasteiger partial charge in [-0.3, -0.25) is 9.69 Å². The molecule has 4 nitrogen and oxygen atoms in total. The van der Waals surface area contributed by atoms with Gasteiger partial charge in [-0.2, -0.15) is 0 Å². The monoisotopic (exact) mass is 370 g/mol. The molecule has 3 rings (SSSR count). The molecule has 0 aliphatic carbocycles. The molecule has 0 bridgehead atoms. The highest BCUT2D eigenvalue weighted by Crippen LogP contribution is 2.26. The number of nitrogens with one attached hydrogen (secondary N) is 1. The van der Waals surface area contributed by atoms with E-state index in [1.165, 1.54) is 25.3 Å². The number of benzene rings is 2. The second kappa shape index (κ2) is 9.51. The third kappa shape index (κ3) is 5.30. The summed E-state index contributed by atoms with van der Waals surface area (Å²) >= 11 is 0. The van der Waals surface area contributed by atoms with Gasteiger partial charge in [-0.25, -0.2) is 4.39 Å². The van der Waals surface area contributed by atoms with Gasteiger partial charge in [-0.1, -0.05) is 36.8 Å². The van der Waals surface area contributed by atoms with Gasteiger partial charge < -0.3 is 10.1 Å². The number of piperidine rings is 1. The van der Waals surface area contributed by atoms with E-state index in [1.54, 1.807) is 25.3 Å². The highest BCUT2D eigenvalue weighted by Gasteiger charge is 2.23. The lowest BCUT2D eigenvalue weighted by atomic mass is 10.0. The number of rotatable bonds is 7. The smallest absolute Gasteiger partial charge is 0.224 e. The molecule has 0 saturated carbocycles. The first-order valence-electron chi connectivity index (χ1n) is 9.55. The first-order valence-corrected chi connectivity index (χ1v) is 9.55. The van der Waals surface area contributed by atoms with Gasteiger partial charge in [0.2, 0.25) is 5.91 Å². The molecule has 1 N–H and O–H groups in total. The van der Waals surface area contributed by atoms with E-state index in [2.05, 4.69) is 22.3 Å². The minimum atomic E-state index is -0.338. The van der Waals surface area contributed by atoms with Crippen LogP contribution in [0, 0.1) is 5.82 Å². The average Bonchev–Trinajstić information content (AvgIpc) is 2.71. The minimum absolute atomic E-state index is 0.0575. The SMILES string of the molecule is COc1ccc([C@H](CNC(=O)Cc2ccccc2F)N2CCCCC2)cc1. The molecule has 5 heteroatoms. The zero-order chi connectivity index (χ0) is 19.1. The molecule has 1 aliphatic heterocycles. The normalized spacial score (nSPS) is 15.9. The first-order chi connectivity index (χ1) is 13.2. The lowest BCUT2D eigenvalue weighted by molar-refractivity contribution is -0.120. The lowest BCUT2D eigenvalue weighted by Gasteiger charge is -2.35. The van der Waals surface area contributed by atoms with Gasteiger partial charge in [0, 0.05) is 6.54 Å². The fraction of sp³-hybridized carbons (Fsp3) is 0.409. The van der Waals surface area contributed by atoms with Crippen molar-refractivity contribution in [2.24, 2.45) is 0 Å². The molecule has 144 valence electrons. The maximum absolute atomic E-state index is 13.8. The van der Waals surface area contributed by atoms with Crippen LogP contribution in [0.25, 0.3) is 0 Å². The molecule has 0 radical (unpaired) electrons. The minimum Gasteiger partial charge on any atom is -0.497 e. The summed E-state index contributed by atoms with van der Waals surface area (Å²) in [6.45, 7) is 2.57. The molecule has 27 heavy (non-hydrogen) atoms. The number of likely N-dealkylation sites (tertiary alicyclic amines) is 1. The summed E-state index contributed by atoms with van der Waals surface area (Å²) in [5.74, 6) is 0.325. The van der Waals surface area contributed by atoms with Crippen LogP contribution >= 0.6 is 0 Å². The highest BCUT2D eigenvalue weighted by molar-refractivity contribution is 5.78. The molecule has 0 aromatic heterocycles. The molecule has 2 aromatic rings. The number of nitrogens with zero attached hydrogens (tertiary/aromatic N) is 1. The van der Waals surface area contributed by atoms with Crippen LogP contribution in [-0.2, 0) is 11.2 Å². The maximum atomic E-state index is 13.8. The van der Waals surface area contributed by atoms with E-state index in [9.17, 15) is 9.18 Å². The Bertz CT molecular complexity index is 742. The van der Waals surface area contributed by atoms with Crippen molar-refractivity contribution in [1.29, 1.82) is 0 Å². The van der Waals surface area contributed by atoms with Crippen LogP contribution in [-0.4, -0.2) is 37.6 Å². The van der Waals surface area contributed by atoms with Gasteiger partial charge in [0.05, 0.1) is 19.6 Å². The third-order valence-corrected chi connectivity index (χ3v) is 5.13. The molecule has 0 unspecified atom stereocenters. The number of hydrogen-bond donors (Lipinski definition) is 1. The van der Waals surface area contributed by atoms with Crippen molar-refractivity contribution in [2.45, 2.75) is 31.7 Å². The van der Waals surface area contributed by atoms with Crippen LogP contribution < -0.4 is 10.1 Å². The van der Waals surface area contributed by atoms with Crippen molar-refractivity contribution in [3.63, 3.8) is 0 Å². The largest absolute Gasteiger partial charge is 0.497 e. The Kier molecular flexibility index (Phi) is 6.82. The fourth-order valence-electron chi connectivity index (χ4n) is 3.60. The highest BCUT2D eigenvalue weighted by atomic mass is 19.1. The van der Waals surface area contributed by atoms with Crippen LogP contribution in [0.2, 0.25) is 0 Å². The second-order valence-corrected chi connectivity index (χ2v) is 6.96. The summed E-state index contributed by atoms with van der Waals surface area (Å²) in [7, 11) is 1.65. The van der Waals surface area contributed by atoms with E-state index in [-0.39, 0.29) is 24.2 Å². The Morgan fingerprint density at radius 2 is 1.81 bits per heavy atom. The van der Waals surface area contributed by atoms with Gasteiger partial charge in [-0.15, -0.1) is 0 Å². The molecule has 1 aliphatic rings. The Balaban J connectivity index is 1.67. The maximum Gasteiger partial charge on any atom is 0.224 e. The molecular weight excluding hydrogens is 343 g/mol. The molecule has 1 atom stereocenters. The van der Waals surface area contributed by atoms with Gasteiger partial charge >= 0.3 is 0 Å². The molecule has 1 amide bonds. The number of carbonyl (C=O) groups is 1. The predicted octanol–water partition coefficient (Wildman–Crippen LogP) is 3.72. The number of amides is 1. The van der Waals surface area contributed by atoms with Gasteiger partial charge in [-0.05, 0) is 55.3 Å². The van der Waals surface area contributed by atoms with E-state index in [0.717, 1.165) is 24.4 Å². The molecular formula is C22H27FN2O2. The molecule has 0 spiro atoms. The van der Waals surface area contributed by atoms with Crippen LogP contribution in [0.1, 0.15) is 36.4 Å². The number of carbonyl (C=O) groups excluding carboxylic acids is 1. The summed E-state index contributed by atoms with van der Waals surface area (Å²) in [6, 6.07) is 14.5.